The summed E-state index contributed by atoms with van der Waals surface area (Å²) in [6.45, 7) is 1.42. The van der Waals surface area contributed by atoms with Gasteiger partial charge in [0, 0.05) is 5.70 Å². The van der Waals surface area contributed by atoms with Gasteiger partial charge in [-0.25, -0.2) is 14.4 Å². The van der Waals surface area contributed by atoms with Gasteiger partial charge in [-0.15, -0.1) is 0 Å². The third kappa shape index (κ3) is 4.23. The molecule has 162 valence electrons. The molecule has 10 heteroatoms. The number of allylic oxidation sites excluding steroid dienone is 1. The normalized spacial score (nSPS) is 16.7. The zero-order valence-corrected chi connectivity index (χ0v) is 16.4. The number of nitrogens with one attached hydrogen (secondary N) is 1. The van der Waals surface area contributed by atoms with Crippen LogP contribution in [0.2, 0.25) is 0 Å². The minimum atomic E-state index is -4.61. The highest BCUT2D eigenvalue weighted by atomic mass is 19.4. The standard InChI is InChI=1S/C21H17F3N2O5/c1-11-16(19(29)31-2)17(12-6-8-13(9-7-12)18(27)28)25-20(30)26(11)15-5-3-4-14(10-15)21(22,23)24/h3-10,17H,1-2H3,(H,25,30)(H,27,28)/t17-/m1/s1. The Labute approximate surface area is 174 Å². The van der Waals surface area contributed by atoms with Gasteiger partial charge in [0.05, 0.1) is 35.5 Å². The Hall–Kier alpha value is -3.82. The molecule has 0 aliphatic carbocycles. The highest BCUT2D eigenvalue weighted by Crippen LogP contribution is 2.36. The molecule has 31 heavy (non-hydrogen) atoms. The Bertz CT molecular complexity index is 1080. The summed E-state index contributed by atoms with van der Waals surface area (Å²) >= 11 is 0. The third-order valence-corrected chi connectivity index (χ3v) is 4.81. The summed E-state index contributed by atoms with van der Waals surface area (Å²) in [5, 5.41) is 11.6. The van der Waals surface area contributed by atoms with E-state index in [9.17, 15) is 27.6 Å². The van der Waals surface area contributed by atoms with Gasteiger partial charge in [-0.3, -0.25) is 4.90 Å². The van der Waals surface area contributed by atoms with E-state index in [2.05, 4.69) is 5.32 Å². The van der Waals surface area contributed by atoms with Crippen molar-refractivity contribution in [2.24, 2.45) is 0 Å². The predicted molar refractivity (Wildman–Crippen MR) is 103 cm³/mol. The van der Waals surface area contributed by atoms with Crippen molar-refractivity contribution in [2.45, 2.75) is 19.1 Å². The van der Waals surface area contributed by atoms with Crippen LogP contribution in [0.1, 0.15) is 34.5 Å². The van der Waals surface area contributed by atoms with Crippen molar-refractivity contribution < 1.29 is 37.4 Å². The molecule has 2 N–H and O–H groups in total. The van der Waals surface area contributed by atoms with E-state index in [1.165, 1.54) is 37.3 Å². The second kappa shape index (κ2) is 8.13. The number of esters is 1. The summed E-state index contributed by atoms with van der Waals surface area (Å²) in [6.07, 6.45) is -4.61. The van der Waals surface area contributed by atoms with Crippen LogP contribution < -0.4 is 10.2 Å². The molecule has 7 nitrogen and oxygen atoms in total. The number of hydrogen-bond donors (Lipinski definition) is 2. The molecule has 1 aliphatic heterocycles. The van der Waals surface area contributed by atoms with Crippen molar-refractivity contribution in [3.05, 3.63) is 76.5 Å². The van der Waals surface area contributed by atoms with Crippen LogP contribution in [-0.4, -0.2) is 30.2 Å². The van der Waals surface area contributed by atoms with Gasteiger partial charge in [-0.1, -0.05) is 18.2 Å². The molecular weight excluding hydrogens is 417 g/mol. The van der Waals surface area contributed by atoms with Crippen molar-refractivity contribution >= 4 is 23.7 Å². The molecule has 0 aromatic heterocycles. The summed E-state index contributed by atoms with van der Waals surface area (Å²) in [7, 11) is 1.14. The lowest BCUT2D eigenvalue weighted by Crippen LogP contribution is -2.48. The van der Waals surface area contributed by atoms with Crippen molar-refractivity contribution in [3.8, 4) is 0 Å². The van der Waals surface area contributed by atoms with E-state index in [1.807, 2.05) is 0 Å². The van der Waals surface area contributed by atoms with Gasteiger partial charge >= 0.3 is 24.1 Å². The zero-order chi connectivity index (χ0) is 22.9. The molecule has 0 bridgehead atoms. The Balaban J connectivity index is 2.11. The quantitative estimate of drug-likeness (QED) is 0.706. The van der Waals surface area contributed by atoms with Crippen LogP contribution in [0.25, 0.3) is 0 Å². The Morgan fingerprint density at radius 2 is 1.77 bits per heavy atom. The van der Waals surface area contributed by atoms with Gasteiger partial charge in [0.1, 0.15) is 0 Å². The fraction of sp³-hybridized carbons (Fsp3) is 0.190. The first-order valence-corrected chi connectivity index (χ1v) is 8.94. The first kappa shape index (κ1) is 21.9. The number of ether oxygens (including phenoxy) is 1. The summed E-state index contributed by atoms with van der Waals surface area (Å²) in [5.41, 5.74) is -0.522. The first-order valence-electron chi connectivity index (χ1n) is 8.94. The third-order valence-electron chi connectivity index (χ3n) is 4.81. The number of halogens is 3. The lowest BCUT2D eigenvalue weighted by atomic mass is 9.94. The van der Waals surface area contributed by atoms with Crippen LogP contribution in [0.4, 0.5) is 23.7 Å². The van der Waals surface area contributed by atoms with Gasteiger partial charge in [0.25, 0.3) is 0 Å². The Morgan fingerprint density at radius 3 is 2.32 bits per heavy atom. The number of hydrogen-bond acceptors (Lipinski definition) is 4. The van der Waals surface area contributed by atoms with Crippen LogP contribution in [-0.2, 0) is 15.7 Å². The number of nitrogens with zero attached hydrogens (tertiary/aromatic N) is 1. The maximum Gasteiger partial charge on any atom is 0.416 e. The topological polar surface area (TPSA) is 95.9 Å². The van der Waals surface area contributed by atoms with Crippen molar-refractivity contribution in [1.82, 2.24) is 5.32 Å². The number of carboxylic acid groups (broad SMARTS) is 1. The summed E-state index contributed by atoms with van der Waals surface area (Å²) in [4.78, 5) is 37.4. The molecule has 2 aromatic rings. The minimum Gasteiger partial charge on any atom is -0.478 e. The van der Waals surface area contributed by atoms with Crippen LogP contribution in [0.15, 0.2) is 59.8 Å². The second-order valence-corrected chi connectivity index (χ2v) is 6.68. The minimum absolute atomic E-state index is 0.00240. The monoisotopic (exact) mass is 434 g/mol. The number of carboxylic acids is 1. The van der Waals surface area contributed by atoms with E-state index in [0.29, 0.717) is 5.56 Å². The number of aromatic carboxylic acids is 1. The van der Waals surface area contributed by atoms with Crippen LogP contribution >= 0.6 is 0 Å². The number of carbonyl (C=O) groups is 3. The SMILES string of the molecule is COC(=O)C1=C(C)N(c2cccc(C(F)(F)F)c2)C(=O)N[C@@H]1c1ccc(C(=O)O)cc1. The molecule has 2 amide bonds. The number of alkyl halides is 3. The number of rotatable bonds is 4. The van der Waals surface area contributed by atoms with E-state index in [4.69, 9.17) is 9.84 Å². The van der Waals surface area contributed by atoms with E-state index in [-0.39, 0.29) is 22.5 Å². The lowest BCUT2D eigenvalue weighted by Gasteiger charge is -2.35. The van der Waals surface area contributed by atoms with E-state index in [0.717, 1.165) is 30.2 Å². The molecule has 2 aromatic carbocycles. The molecule has 0 radical (unpaired) electrons. The molecule has 0 saturated carbocycles. The highest BCUT2D eigenvalue weighted by Gasteiger charge is 2.38. The molecule has 1 atom stereocenters. The molecular formula is C21H17F3N2O5. The molecule has 3 rings (SSSR count). The maximum atomic E-state index is 13.1. The van der Waals surface area contributed by atoms with Gasteiger partial charge < -0.3 is 15.2 Å². The number of methoxy groups -OCH3 is 1. The van der Waals surface area contributed by atoms with Gasteiger partial charge in [-0.05, 0) is 42.8 Å². The molecule has 1 aliphatic rings. The Kier molecular flexibility index (Phi) is 5.74. The molecule has 1 heterocycles. The lowest BCUT2D eigenvalue weighted by molar-refractivity contribution is -0.138. The summed E-state index contributed by atoms with van der Waals surface area (Å²) in [6, 6.07) is 7.91. The van der Waals surface area contributed by atoms with E-state index in [1.54, 1.807) is 0 Å². The number of carbonyl (C=O) groups excluding carboxylic acids is 2. The molecule has 0 unspecified atom stereocenters. The fourth-order valence-corrected chi connectivity index (χ4v) is 3.32. The smallest absolute Gasteiger partial charge is 0.416 e. The van der Waals surface area contributed by atoms with Crippen LogP contribution in [0, 0.1) is 0 Å². The number of anilines is 1. The van der Waals surface area contributed by atoms with Crippen LogP contribution in [0.5, 0.6) is 0 Å². The fourth-order valence-electron chi connectivity index (χ4n) is 3.32. The van der Waals surface area contributed by atoms with Gasteiger partial charge in [0.15, 0.2) is 0 Å². The molecule has 0 spiro atoms. The van der Waals surface area contributed by atoms with E-state index < -0.39 is 35.8 Å². The highest BCUT2D eigenvalue weighted by molar-refractivity contribution is 6.03. The predicted octanol–water partition coefficient (Wildman–Crippen LogP) is 4.12. The second-order valence-electron chi connectivity index (χ2n) is 6.68. The van der Waals surface area contributed by atoms with Crippen molar-refractivity contribution in [3.63, 3.8) is 0 Å². The van der Waals surface area contributed by atoms with Crippen molar-refractivity contribution in [2.75, 3.05) is 12.0 Å². The average molecular weight is 434 g/mol. The zero-order valence-electron chi connectivity index (χ0n) is 16.4. The number of urea groups is 1. The van der Waals surface area contributed by atoms with Gasteiger partial charge in [0.2, 0.25) is 0 Å². The Morgan fingerprint density at radius 1 is 1.13 bits per heavy atom. The number of benzene rings is 2. The largest absolute Gasteiger partial charge is 0.478 e. The molecule has 0 saturated heterocycles. The number of amides is 2. The maximum absolute atomic E-state index is 13.1. The summed E-state index contributed by atoms with van der Waals surface area (Å²) in [5.74, 6) is -1.93. The van der Waals surface area contributed by atoms with Gasteiger partial charge in [-0.2, -0.15) is 13.2 Å². The van der Waals surface area contributed by atoms with E-state index >= 15 is 0 Å². The van der Waals surface area contributed by atoms with Crippen LogP contribution in [0.3, 0.4) is 0 Å². The first-order chi connectivity index (χ1) is 14.5. The average Bonchev–Trinajstić information content (AvgIpc) is 2.72. The van der Waals surface area contributed by atoms with Crippen molar-refractivity contribution in [1.29, 1.82) is 0 Å². The molecule has 0 fully saturated rings. The summed E-state index contributed by atoms with van der Waals surface area (Å²) < 4.78 is 44.2.